The van der Waals surface area contributed by atoms with Gasteiger partial charge in [-0.15, -0.1) is 0 Å². The van der Waals surface area contributed by atoms with E-state index in [1.165, 1.54) is 6.92 Å². The molecule has 0 bridgehead atoms. The van der Waals surface area contributed by atoms with E-state index in [-0.39, 0.29) is 24.0 Å². The minimum Gasteiger partial charge on any atom is -0.325 e. The fourth-order valence-electron chi connectivity index (χ4n) is 3.26. The Kier molecular flexibility index (Phi) is 4.89. The number of para-hydroxylation sites is 1. The third-order valence-corrected chi connectivity index (χ3v) is 4.79. The number of amides is 2. The minimum absolute atomic E-state index is 0.0529. The van der Waals surface area contributed by atoms with Gasteiger partial charge in [-0.2, -0.15) is 0 Å². The summed E-state index contributed by atoms with van der Waals surface area (Å²) < 4.78 is 0. The lowest BCUT2D eigenvalue weighted by Gasteiger charge is -2.18. The summed E-state index contributed by atoms with van der Waals surface area (Å²) in [5.41, 5.74) is 4.01. The van der Waals surface area contributed by atoms with Gasteiger partial charge in [0.1, 0.15) is 0 Å². The maximum atomic E-state index is 12.7. The van der Waals surface area contributed by atoms with E-state index in [2.05, 4.69) is 5.32 Å². The Balaban J connectivity index is 1.76. The first-order valence-electron chi connectivity index (χ1n) is 8.65. The molecule has 5 nitrogen and oxygen atoms in total. The molecule has 0 saturated carbocycles. The highest BCUT2D eigenvalue weighted by molar-refractivity contribution is 6.04. The lowest BCUT2D eigenvalue weighted by atomic mass is 10.1. The van der Waals surface area contributed by atoms with Crippen LogP contribution in [0.5, 0.6) is 0 Å². The molecule has 2 aromatic carbocycles. The number of Topliss-reactive ketones (excluding diaryl/α,β-unsaturated/α-hetero) is 1. The van der Waals surface area contributed by atoms with Gasteiger partial charge in [-0.3, -0.25) is 14.4 Å². The zero-order valence-corrected chi connectivity index (χ0v) is 15.2. The second-order valence-electron chi connectivity index (χ2n) is 6.77. The topological polar surface area (TPSA) is 66.5 Å². The minimum atomic E-state index is -0.414. The molecule has 1 unspecified atom stereocenters. The van der Waals surface area contributed by atoms with E-state index in [9.17, 15) is 14.4 Å². The molecule has 26 heavy (non-hydrogen) atoms. The van der Waals surface area contributed by atoms with Crippen molar-refractivity contribution in [1.29, 1.82) is 0 Å². The van der Waals surface area contributed by atoms with Gasteiger partial charge in [0, 0.05) is 29.9 Å². The molecule has 0 spiro atoms. The van der Waals surface area contributed by atoms with E-state index in [1.807, 2.05) is 32.0 Å². The molecule has 0 aromatic heterocycles. The molecule has 0 aliphatic carbocycles. The summed E-state index contributed by atoms with van der Waals surface area (Å²) in [6.45, 7) is 5.70. The maximum absolute atomic E-state index is 12.7. The summed E-state index contributed by atoms with van der Waals surface area (Å²) >= 11 is 0. The standard InChI is InChI=1S/C21H22N2O3/c1-13-6-4-7-14(2)20(13)22-21(26)17-11-19(25)23(12-17)18-9-5-8-16(10-18)15(3)24/h4-10,17H,11-12H2,1-3H3,(H,22,26). The van der Waals surface area contributed by atoms with Crippen LogP contribution in [0.2, 0.25) is 0 Å². The molecule has 2 amide bonds. The molecule has 134 valence electrons. The summed E-state index contributed by atoms with van der Waals surface area (Å²) in [4.78, 5) is 38.2. The van der Waals surface area contributed by atoms with Crippen LogP contribution in [0.3, 0.4) is 0 Å². The van der Waals surface area contributed by atoms with Gasteiger partial charge in [0.25, 0.3) is 0 Å². The zero-order chi connectivity index (χ0) is 18.8. The fourth-order valence-corrected chi connectivity index (χ4v) is 3.26. The third kappa shape index (κ3) is 3.52. The van der Waals surface area contributed by atoms with E-state index in [0.29, 0.717) is 17.8 Å². The van der Waals surface area contributed by atoms with Crippen molar-refractivity contribution in [1.82, 2.24) is 0 Å². The largest absolute Gasteiger partial charge is 0.325 e. The van der Waals surface area contributed by atoms with Crippen LogP contribution in [-0.2, 0) is 9.59 Å². The normalized spacial score (nSPS) is 16.7. The van der Waals surface area contributed by atoms with Crippen molar-refractivity contribution in [3.8, 4) is 0 Å². The number of nitrogens with zero attached hydrogens (tertiary/aromatic N) is 1. The third-order valence-electron chi connectivity index (χ3n) is 4.79. The number of aryl methyl sites for hydroxylation is 2. The molecule has 3 rings (SSSR count). The smallest absolute Gasteiger partial charge is 0.229 e. The second-order valence-corrected chi connectivity index (χ2v) is 6.77. The molecule has 1 aliphatic heterocycles. The number of rotatable bonds is 4. The predicted molar refractivity (Wildman–Crippen MR) is 101 cm³/mol. The summed E-state index contributed by atoms with van der Waals surface area (Å²) in [7, 11) is 0. The van der Waals surface area contributed by atoms with Crippen molar-refractivity contribution in [2.45, 2.75) is 27.2 Å². The van der Waals surface area contributed by atoms with Gasteiger partial charge in [0.15, 0.2) is 5.78 Å². The number of benzene rings is 2. The van der Waals surface area contributed by atoms with Crippen molar-refractivity contribution in [3.63, 3.8) is 0 Å². The van der Waals surface area contributed by atoms with Crippen LogP contribution >= 0.6 is 0 Å². The van der Waals surface area contributed by atoms with Crippen molar-refractivity contribution < 1.29 is 14.4 Å². The van der Waals surface area contributed by atoms with Gasteiger partial charge >= 0.3 is 0 Å². The van der Waals surface area contributed by atoms with E-state index in [4.69, 9.17) is 0 Å². The van der Waals surface area contributed by atoms with Crippen molar-refractivity contribution >= 4 is 29.0 Å². The molecule has 1 N–H and O–H groups in total. The molecule has 1 fully saturated rings. The van der Waals surface area contributed by atoms with Crippen molar-refractivity contribution in [3.05, 3.63) is 59.2 Å². The Morgan fingerprint density at radius 3 is 2.38 bits per heavy atom. The predicted octanol–water partition coefficient (Wildman–Crippen LogP) is 3.50. The average Bonchev–Trinajstić information content (AvgIpc) is 3.00. The molecular weight excluding hydrogens is 328 g/mol. The molecule has 5 heteroatoms. The maximum Gasteiger partial charge on any atom is 0.229 e. The SMILES string of the molecule is CC(=O)c1cccc(N2CC(C(=O)Nc3c(C)cccc3C)CC2=O)c1. The van der Waals surface area contributed by atoms with Crippen LogP contribution in [0.1, 0.15) is 34.8 Å². The van der Waals surface area contributed by atoms with Crippen LogP contribution in [0.25, 0.3) is 0 Å². The summed E-state index contributed by atoms with van der Waals surface area (Å²) in [5, 5.41) is 2.97. The number of anilines is 2. The molecule has 1 aliphatic rings. The molecule has 2 aromatic rings. The number of carbonyl (C=O) groups is 3. The number of ketones is 1. The van der Waals surface area contributed by atoms with Gasteiger partial charge in [-0.05, 0) is 44.0 Å². The Morgan fingerprint density at radius 1 is 1.08 bits per heavy atom. The van der Waals surface area contributed by atoms with Gasteiger partial charge in [-0.1, -0.05) is 30.3 Å². The highest BCUT2D eigenvalue weighted by Crippen LogP contribution is 2.28. The zero-order valence-electron chi connectivity index (χ0n) is 15.2. The molecule has 1 saturated heterocycles. The summed E-state index contributed by atoms with van der Waals surface area (Å²) in [6.07, 6.45) is 0.168. The Bertz CT molecular complexity index is 868. The summed E-state index contributed by atoms with van der Waals surface area (Å²) in [6, 6.07) is 12.8. The van der Waals surface area contributed by atoms with Crippen molar-refractivity contribution in [2.75, 3.05) is 16.8 Å². The van der Waals surface area contributed by atoms with Gasteiger partial charge in [0.05, 0.1) is 5.92 Å². The van der Waals surface area contributed by atoms with Gasteiger partial charge in [0.2, 0.25) is 11.8 Å². The Labute approximate surface area is 153 Å². The number of nitrogens with one attached hydrogen (secondary N) is 1. The van der Waals surface area contributed by atoms with Crippen molar-refractivity contribution in [2.24, 2.45) is 5.92 Å². The highest BCUT2D eigenvalue weighted by Gasteiger charge is 2.35. The quantitative estimate of drug-likeness (QED) is 0.858. The first-order valence-corrected chi connectivity index (χ1v) is 8.65. The summed E-state index contributed by atoms with van der Waals surface area (Å²) in [5.74, 6) is -0.723. The lowest BCUT2D eigenvalue weighted by Crippen LogP contribution is -2.28. The Morgan fingerprint density at radius 2 is 1.73 bits per heavy atom. The first kappa shape index (κ1) is 17.9. The molecule has 1 heterocycles. The number of hydrogen-bond donors (Lipinski definition) is 1. The molecular formula is C21H22N2O3. The van der Waals surface area contributed by atoms with Crippen LogP contribution in [0.4, 0.5) is 11.4 Å². The number of carbonyl (C=O) groups excluding carboxylic acids is 3. The van der Waals surface area contributed by atoms with Crippen LogP contribution in [0, 0.1) is 19.8 Å². The van der Waals surface area contributed by atoms with E-state index >= 15 is 0 Å². The van der Waals surface area contributed by atoms with E-state index in [1.54, 1.807) is 29.2 Å². The highest BCUT2D eigenvalue weighted by atomic mass is 16.2. The average molecular weight is 350 g/mol. The van der Waals surface area contributed by atoms with Gasteiger partial charge < -0.3 is 10.2 Å². The van der Waals surface area contributed by atoms with Gasteiger partial charge in [-0.25, -0.2) is 0 Å². The number of hydrogen-bond acceptors (Lipinski definition) is 3. The first-order chi connectivity index (χ1) is 12.4. The van der Waals surface area contributed by atoms with Crippen LogP contribution < -0.4 is 10.2 Å². The fraction of sp³-hybridized carbons (Fsp3) is 0.286. The second kappa shape index (κ2) is 7.12. The lowest BCUT2D eigenvalue weighted by molar-refractivity contribution is -0.122. The Hall–Kier alpha value is -2.95. The van der Waals surface area contributed by atoms with Crippen LogP contribution in [-0.4, -0.2) is 24.1 Å². The molecule has 1 atom stereocenters. The van der Waals surface area contributed by atoms with E-state index in [0.717, 1.165) is 16.8 Å². The van der Waals surface area contributed by atoms with Crippen LogP contribution in [0.15, 0.2) is 42.5 Å². The monoisotopic (exact) mass is 350 g/mol. The molecule has 0 radical (unpaired) electrons. The van der Waals surface area contributed by atoms with E-state index < -0.39 is 5.92 Å².